The maximum absolute atomic E-state index is 13.3. The van der Waals surface area contributed by atoms with Gasteiger partial charge in [-0.1, -0.05) is 20.8 Å². The van der Waals surface area contributed by atoms with E-state index < -0.39 is 16.5 Å². The number of carboxylic acid groups (broad SMARTS) is 1. The van der Waals surface area contributed by atoms with Gasteiger partial charge in [0.2, 0.25) is 0 Å². The molecule has 0 bridgehead atoms. The van der Waals surface area contributed by atoms with Crippen molar-refractivity contribution in [2.24, 2.45) is 0 Å². The Labute approximate surface area is 112 Å². The second kappa shape index (κ2) is 5.30. The molecule has 0 saturated carbocycles. The van der Waals surface area contributed by atoms with Gasteiger partial charge in [-0.2, -0.15) is 8.78 Å². The molecule has 0 amide bonds. The highest BCUT2D eigenvalue weighted by atomic mass is 79.9. The second-order valence-corrected chi connectivity index (χ2v) is 5.23. The minimum absolute atomic E-state index is 0.0352. The first-order valence-corrected chi connectivity index (χ1v) is 6.32. The summed E-state index contributed by atoms with van der Waals surface area (Å²) >= 11 is 2.25. The number of aromatic nitrogens is 1. The number of aromatic carboxylic acids is 1. The number of hydrogen-bond donors (Lipinski definition) is 1. The highest BCUT2D eigenvalue weighted by Gasteiger charge is 2.32. The Morgan fingerprint density at radius 3 is 2.44 bits per heavy atom. The van der Waals surface area contributed by atoms with Crippen LogP contribution in [0.15, 0.2) is 6.07 Å². The van der Waals surface area contributed by atoms with Crippen molar-refractivity contribution in [3.05, 3.63) is 28.6 Å². The van der Waals surface area contributed by atoms with Crippen LogP contribution < -0.4 is 0 Å². The Morgan fingerprint density at radius 1 is 1.56 bits per heavy atom. The van der Waals surface area contributed by atoms with Crippen molar-refractivity contribution in [1.29, 1.82) is 0 Å². The van der Waals surface area contributed by atoms with Gasteiger partial charge < -0.3 is 5.11 Å². The molecule has 3 nitrogen and oxygen atoms in total. The smallest absolute Gasteiger partial charge is 0.343 e. The van der Waals surface area contributed by atoms with Gasteiger partial charge in [-0.15, -0.1) is 0 Å². The van der Waals surface area contributed by atoms with Crippen molar-refractivity contribution in [2.75, 3.05) is 0 Å². The summed E-state index contributed by atoms with van der Waals surface area (Å²) in [5.41, 5.74) is 0.146. The molecule has 100 valence electrons. The van der Waals surface area contributed by atoms with E-state index in [0.29, 0.717) is 12.0 Å². The molecule has 0 aliphatic rings. The third-order valence-electron chi connectivity index (χ3n) is 2.56. The predicted octanol–water partition coefficient (Wildman–Crippen LogP) is 3.91. The Bertz CT molecular complexity index is 470. The largest absolute Gasteiger partial charge is 0.478 e. The fourth-order valence-electron chi connectivity index (χ4n) is 1.71. The molecule has 0 fully saturated rings. The highest BCUT2D eigenvalue weighted by Crippen LogP contribution is 2.35. The molecule has 0 saturated heterocycles. The van der Waals surface area contributed by atoms with Crippen molar-refractivity contribution < 1.29 is 18.7 Å². The van der Waals surface area contributed by atoms with Gasteiger partial charge in [-0.25, -0.2) is 9.78 Å². The number of pyridine rings is 1. The Balaban J connectivity index is 3.59. The minimum atomic E-state index is -3.25. The van der Waals surface area contributed by atoms with E-state index in [2.05, 4.69) is 20.9 Å². The summed E-state index contributed by atoms with van der Waals surface area (Å²) in [6, 6.07) is 1.14. The standard InChI is InChI=1S/C12H14BrF2NO2/c1-4-7-5-8(12(13,14)15)16-10(6(2)3)9(7)11(17)18/h5-6H,4H2,1-3H3,(H,17,18). The topological polar surface area (TPSA) is 50.2 Å². The zero-order valence-electron chi connectivity index (χ0n) is 10.3. The Morgan fingerprint density at radius 2 is 2.11 bits per heavy atom. The van der Waals surface area contributed by atoms with E-state index in [1.54, 1.807) is 20.8 Å². The molecular weight excluding hydrogens is 308 g/mol. The third kappa shape index (κ3) is 3.04. The van der Waals surface area contributed by atoms with Crippen LogP contribution in [0.4, 0.5) is 8.78 Å². The van der Waals surface area contributed by atoms with E-state index in [4.69, 9.17) is 0 Å². The van der Waals surface area contributed by atoms with Gasteiger partial charge in [0.15, 0.2) is 0 Å². The van der Waals surface area contributed by atoms with E-state index in [-0.39, 0.29) is 17.2 Å². The highest BCUT2D eigenvalue weighted by molar-refractivity contribution is 9.09. The van der Waals surface area contributed by atoms with E-state index >= 15 is 0 Å². The number of carbonyl (C=O) groups is 1. The molecule has 0 aliphatic carbocycles. The van der Waals surface area contributed by atoms with Gasteiger partial charge in [-0.05, 0) is 39.9 Å². The average Bonchev–Trinajstić information content (AvgIpc) is 2.25. The molecule has 0 radical (unpaired) electrons. The van der Waals surface area contributed by atoms with Crippen LogP contribution >= 0.6 is 15.9 Å². The number of halogens is 3. The van der Waals surface area contributed by atoms with E-state index in [1.807, 2.05) is 0 Å². The lowest BCUT2D eigenvalue weighted by atomic mass is 9.96. The molecule has 6 heteroatoms. The Hall–Kier alpha value is -1.04. The number of alkyl halides is 3. The fourth-order valence-corrected chi connectivity index (χ4v) is 1.91. The molecule has 1 aromatic heterocycles. The van der Waals surface area contributed by atoms with Crippen molar-refractivity contribution in [1.82, 2.24) is 4.98 Å². The minimum Gasteiger partial charge on any atom is -0.478 e. The molecule has 0 unspecified atom stereocenters. The van der Waals surface area contributed by atoms with Crippen LogP contribution in [-0.4, -0.2) is 16.1 Å². The van der Waals surface area contributed by atoms with Crippen LogP contribution in [0.2, 0.25) is 0 Å². The first-order chi connectivity index (χ1) is 8.18. The first-order valence-electron chi connectivity index (χ1n) is 5.52. The van der Waals surface area contributed by atoms with Gasteiger partial charge >= 0.3 is 10.8 Å². The maximum atomic E-state index is 13.3. The Kier molecular flexibility index (Phi) is 4.42. The number of nitrogens with zero attached hydrogens (tertiary/aromatic N) is 1. The van der Waals surface area contributed by atoms with Gasteiger partial charge in [0, 0.05) is 0 Å². The van der Waals surface area contributed by atoms with Gasteiger partial charge in [-0.3, -0.25) is 0 Å². The van der Waals surface area contributed by atoms with Crippen molar-refractivity contribution in [3.8, 4) is 0 Å². The van der Waals surface area contributed by atoms with E-state index in [1.165, 1.54) is 0 Å². The lowest BCUT2D eigenvalue weighted by Gasteiger charge is -2.17. The first kappa shape index (κ1) is 15.0. The molecular formula is C12H14BrF2NO2. The van der Waals surface area contributed by atoms with E-state index in [0.717, 1.165) is 6.07 Å². The zero-order valence-corrected chi connectivity index (χ0v) is 11.9. The van der Waals surface area contributed by atoms with Gasteiger partial charge in [0.05, 0.1) is 11.3 Å². The maximum Gasteiger partial charge on any atom is 0.343 e. The summed E-state index contributed by atoms with van der Waals surface area (Å²) in [5, 5.41) is 9.18. The van der Waals surface area contributed by atoms with Gasteiger partial charge in [0.1, 0.15) is 5.69 Å². The monoisotopic (exact) mass is 321 g/mol. The summed E-state index contributed by atoms with van der Waals surface area (Å²) in [7, 11) is 0. The fraction of sp³-hybridized carbons (Fsp3) is 0.500. The molecule has 1 heterocycles. The third-order valence-corrected chi connectivity index (χ3v) is 2.97. The molecule has 0 spiro atoms. The second-order valence-electron chi connectivity index (χ2n) is 4.24. The average molecular weight is 322 g/mol. The van der Waals surface area contributed by atoms with Crippen LogP contribution in [-0.2, 0) is 11.3 Å². The molecule has 1 N–H and O–H groups in total. The number of hydrogen-bond acceptors (Lipinski definition) is 2. The van der Waals surface area contributed by atoms with E-state index in [9.17, 15) is 18.7 Å². The predicted molar refractivity (Wildman–Crippen MR) is 67.5 cm³/mol. The zero-order chi connectivity index (χ0) is 14.1. The van der Waals surface area contributed by atoms with Crippen LogP contribution in [0.5, 0.6) is 0 Å². The normalized spacial score (nSPS) is 11.9. The summed E-state index contributed by atoms with van der Waals surface area (Å²) in [5.74, 6) is -1.37. The molecule has 0 aromatic carbocycles. The van der Waals surface area contributed by atoms with Crippen LogP contribution in [0.1, 0.15) is 54.0 Å². The number of aryl methyl sites for hydroxylation is 1. The quantitative estimate of drug-likeness (QED) is 0.855. The lowest BCUT2D eigenvalue weighted by molar-refractivity contribution is 0.0691. The number of carboxylic acids is 1. The van der Waals surface area contributed by atoms with Gasteiger partial charge in [0.25, 0.3) is 0 Å². The van der Waals surface area contributed by atoms with Crippen molar-refractivity contribution in [3.63, 3.8) is 0 Å². The molecule has 1 rings (SSSR count). The van der Waals surface area contributed by atoms with Crippen LogP contribution in [0.3, 0.4) is 0 Å². The van der Waals surface area contributed by atoms with Crippen molar-refractivity contribution >= 4 is 21.9 Å². The van der Waals surface area contributed by atoms with Crippen LogP contribution in [0, 0.1) is 0 Å². The molecule has 1 aromatic rings. The molecule has 0 aliphatic heterocycles. The van der Waals surface area contributed by atoms with Crippen molar-refractivity contribution in [2.45, 2.75) is 37.9 Å². The summed E-state index contributed by atoms with van der Waals surface area (Å²) in [6.07, 6.45) is 0.361. The SMILES string of the molecule is CCc1cc(C(F)(F)Br)nc(C(C)C)c1C(=O)O. The number of rotatable bonds is 4. The molecule has 18 heavy (non-hydrogen) atoms. The lowest BCUT2D eigenvalue weighted by Crippen LogP contribution is -2.16. The van der Waals surface area contributed by atoms with Crippen LogP contribution in [0.25, 0.3) is 0 Å². The molecule has 0 atom stereocenters. The summed E-state index contributed by atoms with van der Waals surface area (Å²) < 4.78 is 26.5. The summed E-state index contributed by atoms with van der Waals surface area (Å²) in [4.78, 5) is 11.8. The summed E-state index contributed by atoms with van der Waals surface area (Å²) in [6.45, 7) is 5.18.